The Bertz CT molecular complexity index is 851. The number of fused-ring (bicyclic) bond motifs is 1. The summed E-state index contributed by atoms with van der Waals surface area (Å²) in [5, 5.41) is 16.3. The fourth-order valence-corrected chi connectivity index (χ4v) is 5.66. The molecule has 0 aromatic heterocycles. The van der Waals surface area contributed by atoms with Gasteiger partial charge in [-0.25, -0.2) is 0 Å². The van der Waals surface area contributed by atoms with Crippen molar-refractivity contribution < 1.29 is 9.59 Å². The molecule has 32 heavy (non-hydrogen) atoms. The lowest BCUT2D eigenvalue weighted by Gasteiger charge is -2.33. The van der Waals surface area contributed by atoms with Crippen LogP contribution in [0.2, 0.25) is 0 Å². The molecule has 2 aliphatic carbocycles. The van der Waals surface area contributed by atoms with Crippen LogP contribution in [0.5, 0.6) is 0 Å². The molecular weight excluding hydrogens is 404 g/mol. The smallest absolute Gasteiger partial charge is 0.246 e. The minimum absolute atomic E-state index is 0.0354. The molecule has 1 aromatic carbocycles. The predicted molar refractivity (Wildman–Crippen MR) is 125 cm³/mol. The van der Waals surface area contributed by atoms with Crippen LogP contribution in [0.15, 0.2) is 24.3 Å². The van der Waals surface area contributed by atoms with E-state index < -0.39 is 5.54 Å². The molecule has 1 aromatic rings. The molecule has 174 valence electrons. The van der Waals surface area contributed by atoms with Gasteiger partial charge in [-0.05, 0) is 55.8 Å². The summed E-state index contributed by atoms with van der Waals surface area (Å²) in [6.07, 6.45) is 8.80. The number of amides is 2. The molecule has 1 aliphatic heterocycles. The van der Waals surface area contributed by atoms with Gasteiger partial charge in [0.25, 0.3) is 0 Å². The minimum atomic E-state index is -0.658. The third-order valence-electron chi connectivity index (χ3n) is 7.54. The molecule has 2 amide bonds. The first-order chi connectivity index (χ1) is 15.4. The molecule has 0 spiro atoms. The zero-order valence-corrected chi connectivity index (χ0v) is 19.0. The van der Waals surface area contributed by atoms with E-state index in [-0.39, 0.29) is 29.7 Å². The minimum Gasteiger partial charge on any atom is -0.370 e. The number of nitrogens with two attached hydrogens (primary N) is 1. The van der Waals surface area contributed by atoms with Crippen LogP contribution in [0.4, 0.5) is 5.69 Å². The number of likely N-dealkylation sites (N-methyl/N-ethyl adjacent to an activating group) is 1. The first-order valence-electron chi connectivity index (χ1n) is 11.9. The number of guanidine groups is 1. The lowest BCUT2D eigenvalue weighted by atomic mass is 9.84. The van der Waals surface area contributed by atoms with Crippen LogP contribution in [-0.4, -0.2) is 47.8 Å². The molecule has 8 heteroatoms. The van der Waals surface area contributed by atoms with Crippen molar-refractivity contribution in [2.45, 2.75) is 69.5 Å². The van der Waals surface area contributed by atoms with E-state index in [1.165, 1.54) is 32.1 Å². The van der Waals surface area contributed by atoms with Crippen LogP contribution >= 0.6 is 0 Å². The number of rotatable bonds is 8. The third kappa shape index (κ3) is 4.60. The van der Waals surface area contributed by atoms with Gasteiger partial charge in [-0.3, -0.25) is 15.0 Å². The van der Waals surface area contributed by atoms with Crippen LogP contribution in [0.1, 0.15) is 56.9 Å². The molecule has 0 bridgehead atoms. The zero-order chi connectivity index (χ0) is 22.7. The number of hydrogen-bond donors (Lipinski definition) is 5. The number of nitrogens with one attached hydrogen (secondary N) is 4. The summed E-state index contributed by atoms with van der Waals surface area (Å²) in [7, 11) is 1.86. The Hall–Kier alpha value is -2.61. The highest BCUT2D eigenvalue weighted by molar-refractivity contribution is 5.97. The van der Waals surface area contributed by atoms with Crippen molar-refractivity contribution in [1.29, 1.82) is 5.41 Å². The number of carbonyl (C=O) groups excluding carboxylic acids is 2. The van der Waals surface area contributed by atoms with Gasteiger partial charge in [-0.1, -0.05) is 44.2 Å². The number of nitrogens with zero attached hydrogens (tertiary/aromatic N) is 1. The Morgan fingerprint density at radius 2 is 1.91 bits per heavy atom. The van der Waals surface area contributed by atoms with E-state index in [1.807, 2.05) is 36.2 Å². The molecule has 8 nitrogen and oxygen atoms in total. The number of hydrogen-bond acceptors (Lipinski definition) is 4. The van der Waals surface area contributed by atoms with E-state index in [2.05, 4.69) is 16.0 Å². The van der Waals surface area contributed by atoms with Crippen molar-refractivity contribution in [2.75, 3.05) is 18.9 Å². The zero-order valence-electron chi connectivity index (χ0n) is 19.0. The summed E-state index contributed by atoms with van der Waals surface area (Å²) in [4.78, 5) is 28.5. The lowest BCUT2D eigenvalue weighted by Crippen LogP contribution is -2.55. The van der Waals surface area contributed by atoms with Crippen LogP contribution in [0.3, 0.4) is 0 Å². The van der Waals surface area contributed by atoms with Crippen LogP contribution in [-0.2, 0) is 16.1 Å². The topological polar surface area (TPSA) is 123 Å². The predicted octanol–water partition coefficient (Wildman–Crippen LogP) is 2.16. The maximum atomic E-state index is 13.4. The second kappa shape index (κ2) is 9.48. The summed E-state index contributed by atoms with van der Waals surface area (Å²) in [5.41, 5.74) is 6.39. The van der Waals surface area contributed by atoms with E-state index in [4.69, 9.17) is 11.1 Å². The second-order valence-corrected chi connectivity index (χ2v) is 9.60. The Morgan fingerprint density at radius 3 is 2.53 bits per heavy atom. The first kappa shape index (κ1) is 22.6. The maximum absolute atomic E-state index is 13.4. The monoisotopic (exact) mass is 440 g/mol. The molecule has 3 fully saturated rings. The van der Waals surface area contributed by atoms with Crippen LogP contribution < -0.4 is 21.7 Å². The average Bonchev–Trinajstić information content (AvgIpc) is 3.41. The van der Waals surface area contributed by atoms with Crippen molar-refractivity contribution in [3.05, 3.63) is 29.8 Å². The highest BCUT2D eigenvalue weighted by Crippen LogP contribution is 2.56. The van der Waals surface area contributed by atoms with Gasteiger partial charge in [0.1, 0.15) is 5.54 Å². The SMILES string of the molecule is CN[C@H](CC1CCCCC1)C(=O)N1CC[C@@H]2C[C@@]21C(=O)NCc1ccc(NC(=N)N)cc1. The van der Waals surface area contributed by atoms with E-state index in [9.17, 15) is 9.59 Å². The van der Waals surface area contributed by atoms with Crippen molar-refractivity contribution in [2.24, 2.45) is 17.6 Å². The Morgan fingerprint density at radius 1 is 1.19 bits per heavy atom. The summed E-state index contributed by atoms with van der Waals surface area (Å²) in [6.45, 7) is 1.08. The molecule has 3 atom stereocenters. The van der Waals surface area contributed by atoms with Gasteiger partial charge in [0.2, 0.25) is 11.8 Å². The van der Waals surface area contributed by atoms with Crippen molar-refractivity contribution in [3.8, 4) is 0 Å². The molecule has 6 N–H and O–H groups in total. The third-order valence-corrected chi connectivity index (χ3v) is 7.54. The van der Waals surface area contributed by atoms with Gasteiger partial charge in [0, 0.05) is 18.8 Å². The highest BCUT2D eigenvalue weighted by Gasteiger charge is 2.68. The molecule has 2 saturated carbocycles. The molecule has 1 saturated heterocycles. The van der Waals surface area contributed by atoms with Crippen LogP contribution in [0.25, 0.3) is 0 Å². The summed E-state index contributed by atoms with van der Waals surface area (Å²) >= 11 is 0. The quantitative estimate of drug-likeness (QED) is 0.313. The largest absolute Gasteiger partial charge is 0.370 e. The van der Waals surface area contributed by atoms with E-state index in [1.54, 1.807) is 0 Å². The van der Waals surface area contributed by atoms with Crippen molar-refractivity contribution >= 4 is 23.5 Å². The number of benzene rings is 1. The molecule has 0 radical (unpaired) electrons. The number of anilines is 1. The first-order valence-corrected chi connectivity index (χ1v) is 11.9. The van der Waals surface area contributed by atoms with Crippen molar-refractivity contribution in [3.63, 3.8) is 0 Å². The van der Waals surface area contributed by atoms with Gasteiger partial charge < -0.3 is 26.6 Å². The van der Waals surface area contributed by atoms with Gasteiger partial charge >= 0.3 is 0 Å². The number of carbonyl (C=O) groups is 2. The molecule has 1 heterocycles. The van der Waals surface area contributed by atoms with Gasteiger partial charge in [-0.15, -0.1) is 0 Å². The second-order valence-electron chi connectivity index (χ2n) is 9.60. The summed E-state index contributed by atoms with van der Waals surface area (Å²) in [5.74, 6) is 0.827. The normalized spacial score (nSPS) is 25.7. The number of piperidine rings is 1. The number of likely N-dealkylation sites (tertiary alicyclic amines) is 1. The van der Waals surface area contributed by atoms with Gasteiger partial charge in [-0.2, -0.15) is 0 Å². The van der Waals surface area contributed by atoms with Gasteiger partial charge in [0.05, 0.1) is 6.04 Å². The van der Waals surface area contributed by atoms with Crippen LogP contribution in [0, 0.1) is 17.2 Å². The Kier molecular flexibility index (Phi) is 6.69. The Labute approximate surface area is 190 Å². The summed E-state index contributed by atoms with van der Waals surface area (Å²) in [6, 6.07) is 7.24. The standard InChI is InChI=1S/C24H36N6O2/c1-27-20(13-16-5-3-2-4-6-16)21(31)30-12-11-18-14-24(18,30)22(32)28-15-17-7-9-19(10-8-17)29-23(25)26/h7-10,16,18,20,27H,2-6,11-15H2,1H3,(H,28,32)(H4,25,26,29)/t18-,20-,24+/m1/s1. The molecule has 3 aliphatic rings. The molecule has 0 unspecified atom stereocenters. The Balaban J connectivity index is 1.36. The van der Waals surface area contributed by atoms with E-state index >= 15 is 0 Å². The van der Waals surface area contributed by atoms with E-state index in [0.717, 1.165) is 30.5 Å². The lowest BCUT2D eigenvalue weighted by molar-refractivity contribution is -0.142. The maximum Gasteiger partial charge on any atom is 0.246 e. The van der Waals surface area contributed by atoms with Gasteiger partial charge in [0.15, 0.2) is 5.96 Å². The molecule has 4 rings (SSSR count). The van der Waals surface area contributed by atoms with E-state index in [0.29, 0.717) is 19.0 Å². The average molecular weight is 441 g/mol. The van der Waals surface area contributed by atoms with Crippen molar-refractivity contribution in [1.82, 2.24) is 15.5 Å². The highest BCUT2D eigenvalue weighted by atomic mass is 16.2. The molecular formula is C24H36N6O2. The fourth-order valence-electron chi connectivity index (χ4n) is 5.66. The summed E-state index contributed by atoms with van der Waals surface area (Å²) < 4.78 is 0. The fraction of sp³-hybridized carbons (Fsp3) is 0.625.